The largest absolute Gasteiger partial charge is 0.382 e. The molecule has 2 rings (SSSR count). The van der Waals surface area contributed by atoms with Crippen molar-refractivity contribution in [2.75, 3.05) is 0 Å². The van der Waals surface area contributed by atoms with E-state index in [1.807, 2.05) is 32.9 Å². The van der Waals surface area contributed by atoms with E-state index in [2.05, 4.69) is 24.0 Å². The van der Waals surface area contributed by atoms with Gasteiger partial charge < -0.3 is 5.11 Å². The third-order valence-electron chi connectivity index (χ3n) is 3.46. The minimum absolute atomic E-state index is 0.648. The van der Waals surface area contributed by atoms with Gasteiger partial charge in [0.25, 0.3) is 0 Å². The Labute approximate surface area is 108 Å². The van der Waals surface area contributed by atoms with E-state index < -0.39 is 6.10 Å². The molecule has 2 heteroatoms. The molecule has 0 aliphatic heterocycles. The first-order valence-electron chi connectivity index (χ1n) is 6.18. The van der Waals surface area contributed by atoms with E-state index >= 15 is 0 Å². The van der Waals surface area contributed by atoms with Gasteiger partial charge in [0, 0.05) is 6.20 Å². The first kappa shape index (κ1) is 12.8. The molecule has 0 bridgehead atoms. The van der Waals surface area contributed by atoms with Crippen molar-refractivity contribution in [3.8, 4) is 0 Å². The summed E-state index contributed by atoms with van der Waals surface area (Å²) >= 11 is 0. The van der Waals surface area contributed by atoms with Gasteiger partial charge in [0.2, 0.25) is 0 Å². The predicted octanol–water partition coefficient (Wildman–Crippen LogP) is 3.40. The van der Waals surface area contributed by atoms with Gasteiger partial charge in [0.15, 0.2) is 0 Å². The van der Waals surface area contributed by atoms with Crippen LogP contribution in [0.5, 0.6) is 0 Å². The quantitative estimate of drug-likeness (QED) is 0.874. The van der Waals surface area contributed by atoms with Crippen LogP contribution in [0, 0.1) is 27.7 Å². The average Bonchev–Trinajstić information content (AvgIpc) is 2.32. The topological polar surface area (TPSA) is 33.1 Å². The van der Waals surface area contributed by atoms with E-state index in [0.717, 1.165) is 27.9 Å². The number of aliphatic hydroxyl groups is 1. The minimum Gasteiger partial charge on any atom is -0.382 e. The minimum atomic E-state index is -0.648. The second-order valence-corrected chi connectivity index (χ2v) is 4.91. The van der Waals surface area contributed by atoms with Crippen LogP contribution in [-0.2, 0) is 0 Å². The third kappa shape index (κ3) is 2.29. The van der Waals surface area contributed by atoms with Crippen molar-refractivity contribution < 1.29 is 5.11 Å². The van der Waals surface area contributed by atoms with Crippen LogP contribution in [-0.4, -0.2) is 10.1 Å². The molecule has 0 saturated heterocycles. The van der Waals surface area contributed by atoms with Gasteiger partial charge in [-0.15, -0.1) is 0 Å². The Hall–Kier alpha value is -1.67. The van der Waals surface area contributed by atoms with E-state index in [9.17, 15) is 5.11 Å². The second-order valence-electron chi connectivity index (χ2n) is 4.91. The maximum atomic E-state index is 10.5. The first-order valence-corrected chi connectivity index (χ1v) is 6.18. The Balaban J connectivity index is 2.48. The molecule has 0 spiro atoms. The number of aromatic nitrogens is 1. The normalized spacial score (nSPS) is 12.5. The highest BCUT2D eigenvalue weighted by atomic mass is 16.3. The van der Waals surface area contributed by atoms with Crippen molar-refractivity contribution in [1.82, 2.24) is 4.98 Å². The lowest BCUT2D eigenvalue weighted by Gasteiger charge is -2.17. The number of hydrogen-bond acceptors (Lipinski definition) is 2. The number of aliphatic hydroxyl groups excluding tert-OH is 1. The second kappa shape index (κ2) is 4.91. The van der Waals surface area contributed by atoms with E-state index in [0.29, 0.717) is 0 Å². The molecular weight excluding hydrogens is 222 g/mol. The van der Waals surface area contributed by atoms with Crippen LogP contribution in [0.15, 0.2) is 30.5 Å². The number of hydrogen-bond donors (Lipinski definition) is 1. The lowest BCUT2D eigenvalue weighted by atomic mass is 9.95. The van der Waals surface area contributed by atoms with Gasteiger partial charge in [-0.05, 0) is 55.5 Å². The fraction of sp³-hybridized carbons (Fsp3) is 0.312. The molecule has 0 radical (unpaired) electrons. The highest BCUT2D eigenvalue weighted by Crippen LogP contribution is 2.27. The van der Waals surface area contributed by atoms with Gasteiger partial charge in [-0.1, -0.05) is 24.3 Å². The summed E-state index contributed by atoms with van der Waals surface area (Å²) in [6.45, 7) is 8.09. The maximum absolute atomic E-state index is 10.5. The van der Waals surface area contributed by atoms with Crippen molar-refractivity contribution in [1.29, 1.82) is 0 Å². The molecule has 0 amide bonds. The number of nitrogens with zero attached hydrogens (tertiary/aromatic N) is 1. The average molecular weight is 241 g/mol. The Morgan fingerprint density at radius 1 is 1.06 bits per heavy atom. The number of benzene rings is 1. The van der Waals surface area contributed by atoms with Gasteiger partial charge >= 0.3 is 0 Å². The summed E-state index contributed by atoms with van der Waals surface area (Å²) in [5.41, 5.74) is 6.15. The molecule has 0 saturated carbocycles. The molecule has 2 aromatic rings. The van der Waals surface area contributed by atoms with Crippen molar-refractivity contribution in [2.45, 2.75) is 33.8 Å². The lowest BCUT2D eigenvalue weighted by molar-refractivity contribution is 0.213. The van der Waals surface area contributed by atoms with Gasteiger partial charge in [-0.3, -0.25) is 4.98 Å². The highest BCUT2D eigenvalue weighted by Gasteiger charge is 2.16. The molecule has 2 nitrogen and oxygen atoms in total. The van der Waals surface area contributed by atoms with E-state index in [1.165, 1.54) is 5.56 Å². The fourth-order valence-electron chi connectivity index (χ4n) is 2.23. The summed E-state index contributed by atoms with van der Waals surface area (Å²) in [5, 5.41) is 10.5. The Morgan fingerprint density at radius 2 is 1.78 bits per heavy atom. The van der Waals surface area contributed by atoms with Crippen LogP contribution >= 0.6 is 0 Å². The number of aryl methyl sites for hydroxylation is 3. The summed E-state index contributed by atoms with van der Waals surface area (Å²) in [6, 6.07) is 8.05. The Bertz CT molecular complexity index is 575. The van der Waals surface area contributed by atoms with Gasteiger partial charge in [0.05, 0.1) is 5.69 Å². The molecule has 1 unspecified atom stereocenters. The molecule has 1 aromatic heterocycles. The zero-order valence-corrected chi connectivity index (χ0v) is 11.4. The van der Waals surface area contributed by atoms with Crippen LogP contribution in [0.4, 0.5) is 0 Å². The summed E-state index contributed by atoms with van der Waals surface area (Å²) in [6.07, 6.45) is 1.15. The molecule has 18 heavy (non-hydrogen) atoms. The Morgan fingerprint density at radius 3 is 2.44 bits per heavy atom. The molecule has 0 aliphatic rings. The maximum Gasteiger partial charge on any atom is 0.121 e. The van der Waals surface area contributed by atoms with Gasteiger partial charge in [-0.2, -0.15) is 0 Å². The molecule has 1 heterocycles. The molecule has 0 fully saturated rings. The molecule has 1 N–H and O–H groups in total. The first-order chi connectivity index (χ1) is 8.50. The fourth-order valence-corrected chi connectivity index (χ4v) is 2.23. The van der Waals surface area contributed by atoms with E-state index in [4.69, 9.17) is 0 Å². The number of rotatable bonds is 2. The number of pyridine rings is 1. The SMILES string of the molecule is Cc1cnc(C(O)c2cccc(C)c2C)c(C)c1. The van der Waals surface area contributed by atoms with E-state index in [1.54, 1.807) is 6.20 Å². The molecule has 1 aromatic carbocycles. The summed E-state index contributed by atoms with van der Waals surface area (Å²) in [4.78, 5) is 4.37. The summed E-state index contributed by atoms with van der Waals surface area (Å²) in [7, 11) is 0. The van der Waals surface area contributed by atoms with Gasteiger partial charge in [0.1, 0.15) is 6.10 Å². The zero-order valence-electron chi connectivity index (χ0n) is 11.4. The van der Waals surface area contributed by atoms with Gasteiger partial charge in [-0.25, -0.2) is 0 Å². The van der Waals surface area contributed by atoms with Crippen LogP contribution in [0.25, 0.3) is 0 Å². The van der Waals surface area contributed by atoms with Crippen molar-refractivity contribution in [3.05, 3.63) is 64.0 Å². The smallest absolute Gasteiger partial charge is 0.121 e. The van der Waals surface area contributed by atoms with Crippen LogP contribution < -0.4 is 0 Å². The summed E-state index contributed by atoms with van der Waals surface area (Å²) < 4.78 is 0. The van der Waals surface area contributed by atoms with Crippen LogP contribution in [0.2, 0.25) is 0 Å². The molecule has 0 aliphatic carbocycles. The molecule has 94 valence electrons. The third-order valence-corrected chi connectivity index (χ3v) is 3.46. The molecular formula is C16H19NO. The Kier molecular flexibility index (Phi) is 3.48. The van der Waals surface area contributed by atoms with Crippen LogP contribution in [0.3, 0.4) is 0 Å². The van der Waals surface area contributed by atoms with Crippen molar-refractivity contribution in [2.24, 2.45) is 0 Å². The van der Waals surface area contributed by atoms with Crippen molar-refractivity contribution >= 4 is 0 Å². The summed E-state index contributed by atoms with van der Waals surface area (Å²) in [5.74, 6) is 0. The van der Waals surface area contributed by atoms with Crippen molar-refractivity contribution in [3.63, 3.8) is 0 Å². The predicted molar refractivity (Wildman–Crippen MR) is 73.7 cm³/mol. The zero-order chi connectivity index (χ0) is 13.3. The highest BCUT2D eigenvalue weighted by molar-refractivity contribution is 5.39. The molecule has 1 atom stereocenters. The lowest BCUT2D eigenvalue weighted by Crippen LogP contribution is -2.07. The van der Waals surface area contributed by atoms with Crippen LogP contribution in [0.1, 0.15) is 39.6 Å². The van der Waals surface area contributed by atoms with E-state index in [-0.39, 0.29) is 0 Å². The standard InChI is InChI=1S/C16H19NO/c1-10-8-12(3)15(17-9-10)16(18)14-7-5-6-11(2)13(14)4/h5-9,16,18H,1-4H3. The monoisotopic (exact) mass is 241 g/mol.